The standard InChI is InChI=1S/C16H20N2O2S/c1-3-13-8-9-15(10-14(13)11-17)21(19,20)18-16-7-5-4-6-12(16)2/h4-10,18H,3,11,17H2,1-2H3. The molecule has 0 aromatic heterocycles. The van der Waals surface area contributed by atoms with Gasteiger partial charge in [0.1, 0.15) is 0 Å². The monoisotopic (exact) mass is 304 g/mol. The van der Waals surface area contributed by atoms with Crippen LogP contribution in [0.1, 0.15) is 23.6 Å². The van der Waals surface area contributed by atoms with Crippen molar-refractivity contribution in [2.75, 3.05) is 4.72 Å². The summed E-state index contributed by atoms with van der Waals surface area (Å²) < 4.78 is 27.6. The molecule has 0 saturated carbocycles. The molecule has 3 N–H and O–H groups in total. The fourth-order valence-electron chi connectivity index (χ4n) is 2.20. The maximum absolute atomic E-state index is 12.5. The van der Waals surface area contributed by atoms with E-state index >= 15 is 0 Å². The molecule has 2 aromatic rings. The van der Waals surface area contributed by atoms with E-state index in [-0.39, 0.29) is 4.90 Å². The van der Waals surface area contributed by atoms with E-state index in [0.29, 0.717) is 12.2 Å². The maximum Gasteiger partial charge on any atom is 0.261 e. The highest BCUT2D eigenvalue weighted by Crippen LogP contribution is 2.21. The summed E-state index contributed by atoms with van der Waals surface area (Å²) >= 11 is 0. The van der Waals surface area contributed by atoms with Crippen molar-refractivity contribution in [3.05, 3.63) is 59.2 Å². The second kappa shape index (κ2) is 6.28. The number of sulfonamides is 1. The summed E-state index contributed by atoms with van der Waals surface area (Å²) in [5.41, 5.74) is 9.11. The van der Waals surface area contributed by atoms with Gasteiger partial charge in [-0.1, -0.05) is 31.2 Å². The van der Waals surface area contributed by atoms with Gasteiger partial charge in [-0.25, -0.2) is 8.42 Å². The third kappa shape index (κ3) is 3.43. The Labute approximate surface area is 126 Å². The van der Waals surface area contributed by atoms with Crippen molar-refractivity contribution in [1.82, 2.24) is 0 Å². The van der Waals surface area contributed by atoms with Crippen molar-refractivity contribution >= 4 is 15.7 Å². The van der Waals surface area contributed by atoms with Crippen LogP contribution in [0.2, 0.25) is 0 Å². The Morgan fingerprint density at radius 2 is 1.81 bits per heavy atom. The summed E-state index contributed by atoms with van der Waals surface area (Å²) in [6.45, 7) is 4.22. The molecule has 0 radical (unpaired) electrons. The number of nitrogens with one attached hydrogen (secondary N) is 1. The summed E-state index contributed by atoms with van der Waals surface area (Å²) in [6.07, 6.45) is 0.831. The molecule has 0 unspecified atom stereocenters. The third-order valence-corrected chi connectivity index (χ3v) is 4.84. The summed E-state index contributed by atoms with van der Waals surface area (Å²) in [6, 6.07) is 12.4. The van der Waals surface area contributed by atoms with Gasteiger partial charge in [-0.15, -0.1) is 0 Å². The van der Waals surface area contributed by atoms with Crippen LogP contribution in [0, 0.1) is 6.92 Å². The molecule has 4 nitrogen and oxygen atoms in total. The molecule has 0 fully saturated rings. The van der Waals surface area contributed by atoms with Gasteiger partial charge in [0, 0.05) is 6.54 Å². The molecular formula is C16H20N2O2S. The minimum Gasteiger partial charge on any atom is -0.326 e. The third-order valence-electron chi connectivity index (χ3n) is 3.48. The normalized spacial score (nSPS) is 11.4. The Morgan fingerprint density at radius 3 is 2.43 bits per heavy atom. The summed E-state index contributed by atoms with van der Waals surface area (Å²) in [7, 11) is -3.60. The van der Waals surface area contributed by atoms with Gasteiger partial charge in [0.2, 0.25) is 0 Å². The number of nitrogens with two attached hydrogens (primary N) is 1. The molecule has 0 heterocycles. The van der Waals surface area contributed by atoms with E-state index in [2.05, 4.69) is 4.72 Å². The lowest BCUT2D eigenvalue weighted by atomic mass is 10.1. The molecular weight excluding hydrogens is 284 g/mol. The smallest absolute Gasteiger partial charge is 0.261 e. The second-order valence-corrected chi connectivity index (χ2v) is 6.59. The zero-order valence-corrected chi connectivity index (χ0v) is 13.1. The predicted octanol–water partition coefficient (Wildman–Crippen LogP) is 2.82. The highest BCUT2D eigenvalue weighted by Gasteiger charge is 2.16. The average molecular weight is 304 g/mol. The van der Waals surface area contributed by atoms with Gasteiger partial charge < -0.3 is 5.73 Å². The van der Waals surface area contributed by atoms with Gasteiger partial charge in [-0.05, 0) is 48.2 Å². The summed E-state index contributed by atoms with van der Waals surface area (Å²) in [5.74, 6) is 0. The quantitative estimate of drug-likeness (QED) is 0.892. The van der Waals surface area contributed by atoms with Crippen LogP contribution in [0.3, 0.4) is 0 Å². The predicted molar refractivity (Wildman–Crippen MR) is 85.7 cm³/mol. The van der Waals surface area contributed by atoms with Crippen molar-refractivity contribution in [3.63, 3.8) is 0 Å². The van der Waals surface area contributed by atoms with Crippen LogP contribution in [0.4, 0.5) is 5.69 Å². The van der Waals surface area contributed by atoms with E-state index < -0.39 is 10.0 Å². The molecule has 0 amide bonds. The molecule has 112 valence electrons. The Balaban J connectivity index is 2.38. The average Bonchev–Trinajstić information content (AvgIpc) is 2.48. The molecule has 0 bridgehead atoms. The lowest BCUT2D eigenvalue weighted by Gasteiger charge is -2.12. The van der Waals surface area contributed by atoms with Gasteiger partial charge in [-0.2, -0.15) is 0 Å². The Kier molecular flexibility index (Phi) is 4.65. The Morgan fingerprint density at radius 1 is 1.10 bits per heavy atom. The molecule has 2 aromatic carbocycles. The topological polar surface area (TPSA) is 72.2 Å². The number of anilines is 1. The highest BCUT2D eigenvalue weighted by atomic mass is 32.2. The number of benzene rings is 2. The van der Waals surface area contributed by atoms with Crippen LogP contribution < -0.4 is 10.5 Å². The fraction of sp³-hybridized carbons (Fsp3) is 0.250. The van der Waals surface area contributed by atoms with Crippen LogP contribution in [0.15, 0.2) is 47.4 Å². The van der Waals surface area contributed by atoms with Gasteiger partial charge in [0.25, 0.3) is 10.0 Å². The van der Waals surface area contributed by atoms with E-state index in [4.69, 9.17) is 5.73 Å². The molecule has 0 aliphatic heterocycles. The first-order chi connectivity index (χ1) is 9.97. The molecule has 5 heteroatoms. The van der Waals surface area contributed by atoms with Crippen molar-refractivity contribution in [2.45, 2.75) is 31.7 Å². The Hall–Kier alpha value is -1.85. The first-order valence-electron chi connectivity index (χ1n) is 6.88. The van der Waals surface area contributed by atoms with Crippen LogP contribution in [-0.2, 0) is 23.0 Å². The number of hydrogen-bond acceptors (Lipinski definition) is 3. The molecule has 0 atom stereocenters. The van der Waals surface area contributed by atoms with Crippen LogP contribution in [-0.4, -0.2) is 8.42 Å². The minimum atomic E-state index is -3.60. The first kappa shape index (κ1) is 15.5. The lowest BCUT2D eigenvalue weighted by molar-refractivity contribution is 0.601. The summed E-state index contributed by atoms with van der Waals surface area (Å²) in [5, 5.41) is 0. The SMILES string of the molecule is CCc1ccc(S(=O)(=O)Nc2ccccc2C)cc1CN. The first-order valence-corrected chi connectivity index (χ1v) is 8.36. The van der Waals surface area contributed by atoms with Crippen LogP contribution in [0.25, 0.3) is 0 Å². The number of para-hydroxylation sites is 1. The van der Waals surface area contributed by atoms with Crippen molar-refractivity contribution in [1.29, 1.82) is 0 Å². The second-order valence-electron chi connectivity index (χ2n) is 4.91. The zero-order valence-electron chi connectivity index (χ0n) is 12.3. The Bertz CT molecular complexity index is 740. The molecule has 21 heavy (non-hydrogen) atoms. The molecule has 0 aliphatic carbocycles. The lowest BCUT2D eigenvalue weighted by Crippen LogP contribution is -2.15. The largest absolute Gasteiger partial charge is 0.326 e. The molecule has 0 aliphatic rings. The molecule has 0 saturated heterocycles. The zero-order chi connectivity index (χ0) is 15.5. The summed E-state index contributed by atoms with van der Waals surface area (Å²) in [4.78, 5) is 0.239. The van der Waals surface area contributed by atoms with Gasteiger partial charge >= 0.3 is 0 Å². The number of aryl methyl sites for hydroxylation is 2. The van der Waals surface area contributed by atoms with Crippen molar-refractivity contribution in [2.24, 2.45) is 5.73 Å². The van der Waals surface area contributed by atoms with E-state index in [1.165, 1.54) is 0 Å². The van der Waals surface area contributed by atoms with Gasteiger partial charge in [0.05, 0.1) is 10.6 Å². The van der Waals surface area contributed by atoms with Crippen molar-refractivity contribution in [3.8, 4) is 0 Å². The van der Waals surface area contributed by atoms with E-state index in [1.54, 1.807) is 24.3 Å². The van der Waals surface area contributed by atoms with Crippen molar-refractivity contribution < 1.29 is 8.42 Å². The van der Waals surface area contributed by atoms with Crippen LogP contribution in [0.5, 0.6) is 0 Å². The van der Waals surface area contributed by atoms with Gasteiger partial charge in [-0.3, -0.25) is 4.72 Å². The van der Waals surface area contributed by atoms with E-state index in [1.807, 2.05) is 32.0 Å². The minimum absolute atomic E-state index is 0.239. The van der Waals surface area contributed by atoms with E-state index in [0.717, 1.165) is 23.1 Å². The van der Waals surface area contributed by atoms with E-state index in [9.17, 15) is 8.42 Å². The fourth-order valence-corrected chi connectivity index (χ4v) is 3.38. The van der Waals surface area contributed by atoms with Crippen LogP contribution >= 0.6 is 0 Å². The molecule has 0 spiro atoms. The van der Waals surface area contributed by atoms with Gasteiger partial charge in [0.15, 0.2) is 0 Å². The maximum atomic E-state index is 12.5. The molecule has 2 rings (SSSR count). The number of rotatable bonds is 5. The highest BCUT2D eigenvalue weighted by molar-refractivity contribution is 7.92. The number of hydrogen-bond donors (Lipinski definition) is 2.